The minimum atomic E-state index is 0.911. The second-order valence-electron chi connectivity index (χ2n) is 3.57. The average Bonchev–Trinajstić information content (AvgIpc) is 2.58. The normalized spacial score (nSPS) is 41.0. The van der Waals surface area contributed by atoms with Crippen molar-refractivity contribution < 1.29 is 0 Å². The van der Waals surface area contributed by atoms with Gasteiger partial charge in [-0.25, -0.2) is 0 Å². The Hall–Kier alpha value is -0.0400. The molecule has 0 aromatic carbocycles. The van der Waals surface area contributed by atoms with E-state index < -0.39 is 0 Å². The van der Waals surface area contributed by atoms with Crippen molar-refractivity contribution in [1.29, 1.82) is 0 Å². The molecule has 2 fully saturated rings. The zero-order valence-corrected chi connectivity index (χ0v) is 5.84. The van der Waals surface area contributed by atoms with Gasteiger partial charge in [0, 0.05) is 0 Å². The third-order valence-corrected chi connectivity index (χ3v) is 2.74. The fourth-order valence-corrected chi connectivity index (χ4v) is 1.92. The monoisotopic (exact) mass is 125 g/mol. The second kappa shape index (κ2) is 1.98. The summed E-state index contributed by atoms with van der Waals surface area (Å²) in [5, 5.41) is 0. The smallest absolute Gasteiger partial charge is 0.00745 e. The molecule has 2 N–H and O–H groups in total. The van der Waals surface area contributed by atoms with E-state index in [1.165, 1.54) is 25.7 Å². The van der Waals surface area contributed by atoms with Crippen LogP contribution in [0.2, 0.25) is 0 Å². The zero-order chi connectivity index (χ0) is 6.27. The van der Waals surface area contributed by atoms with Crippen LogP contribution in [0, 0.1) is 17.8 Å². The predicted molar refractivity (Wildman–Crippen MR) is 38.0 cm³/mol. The van der Waals surface area contributed by atoms with Crippen LogP contribution in [0.1, 0.15) is 25.7 Å². The maximum absolute atomic E-state index is 5.45. The number of hydrogen-bond donors (Lipinski definition) is 1. The van der Waals surface area contributed by atoms with Crippen LogP contribution < -0.4 is 5.73 Å². The van der Waals surface area contributed by atoms with Crippen LogP contribution in [0.3, 0.4) is 0 Å². The van der Waals surface area contributed by atoms with Gasteiger partial charge in [-0.3, -0.25) is 0 Å². The van der Waals surface area contributed by atoms with Crippen LogP contribution in [-0.4, -0.2) is 6.54 Å². The van der Waals surface area contributed by atoms with Crippen LogP contribution in [0.25, 0.3) is 0 Å². The highest BCUT2D eigenvalue weighted by molar-refractivity contribution is 4.96. The molecule has 0 aromatic rings. The van der Waals surface area contributed by atoms with Gasteiger partial charge in [0.25, 0.3) is 0 Å². The molecule has 0 aliphatic heterocycles. The minimum Gasteiger partial charge on any atom is -0.330 e. The van der Waals surface area contributed by atoms with Crippen molar-refractivity contribution >= 4 is 0 Å². The van der Waals surface area contributed by atoms with Crippen molar-refractivity contribution in [2.24, 2.45) is 23.5 Å². The maximum atomic E-state index is 5.45. The summed E-state index contributed by atoms with van der Waals surface area (Å²) in [4.78, 5) is 0. The fourth-order valence-electron chi connectivity index (χ4n) is 1.92. The van der Waals surface area contributed by atoms with E-state index in [-0.39, 0.29) is 0 Å². The Labute approximate surface area is 56.6 Å². The Bertz CT molecular complexity index is 107. The summed E-state index contributed by atoms with van der Waals surface area (Å²) in [7, 11) is 0. The lowest BCUT2D eigenvalue weighted by molar-refractivity contribution is 0.599. The molecule has 0 bridgehead atoms. The van der Waals surface area contributed by atoms with E-state index in [4.69, 9.17) is 5.73 Å². The van der Waals surface area contributed by atoms with Crippen molar-refractivity contribution in [2.45, 2.75) is 25.7 Å². The second-order valence-corrected chi connectivity index (χ2v) is 3.57. The fraction of sp³-hybridized carbons (Fsp3) is 1.00. The predicted octanol–water partition coefficient (Wildman–Crippen LogP) is 1.38. The van der Waals surface area contributed by atoms with Gasteiger partial charge in [0.15, 0.2) is 0 Å². The Morgan fingerprint density at radius 1 is 1.33 bits per heavy atom. The van der Waals surface area contributed by atoms with Gasteiger partial charge in [-0.05, 0) is 50.0 Å². The van der Waals surface area contributed by atoms with Crippen LogP contribution in [0.15, 0.2) is 0 Å². The summed E-state index contributed by atoms with van der Waals surface area (Å²) in [6.07, 6.45) is 5.83. The molecule has 9 heavy (non-hydrogen) atoms. The largest absolute Gasteiger partial charge is 0.330 e. The Balaban J connectivity index is 1.69. The number of nitrogens with two attached hydrogens (primary N) is 1. The Morgan fingerprint density at radius 3 is 2.67 bits per heavy atom. The van der Waals surface area contributed by atoms with Gasteiger partial charge in [-0.15, -0.1) is 0 Å². The first-order valence-electron chi connectivity index (χ1n) is 4.12. The lowest BCUT2D eigenvalue weighted by Crippen LogP contribution is -2.00. The molecule has 2 aliphatic rings. The standard InChI is InChI=1S/C8H15N/c9-4-3-7-5-8(7)6-1-2-6/h6-8H,1-5,9H2. The third-order valence-electron chi connectivity index (χ3n) is 2.74. The highest BCUT2D eigenvalue weighted by Crippen LogP contribution is 2.55. The quantitative estimate of drug-likeness (QED) is 0.606. The van der Waals surface area contributed by atoms with Crippen molar-refractivity contribution in [3.63, 3.8) is 0 Å². The number of hydrogen-bond acceptors (Lipinski definition) is 1. The van der Waals surface area contributed by atoms with E-state index in [1.807, 2.05) is 0 Å². The van der Waals surface area contributed by atoms with Gasteiger partial charge < -0.3 is 5.73 Å². The molecule has 52 valence electrons. The van der Waals surface area contributed by atoms with E-state index in [9.17, 15) is 0 Å². The molecule has 2 aliphatic carbocycles. The molecular formula is C8H15N. The minimum absolute atomic E-state index is 0.911. The first kappa shape index (κ1) is 5.72. The third kappa shape index (κ3) is 1.11. The molecule has 0 saturated heterocycles. The summed E-state index contributed by atoms with van der Waals surface area (Å²) >= 11 is 0. The van der Waals surface area contributed by atoms with Crippen molar-refractivity contribution in [2.75, 3.05) is 6.54 Å². The zero-order valence-electron chi connectivity index (χ0n) is 5.84. The molecule has 0 radical (unpaired) electrons. The highest BCUT2D eigenvalue weighted by atomic mass is 14.6. The Kier molecular flexibility index (Phi) is 1.26. The average molecular weight is 125 g/mol. The first-order valence-corrected chi connectivity index (χ1v) is 4.12. The Morgan fingerprint density at radius 2 is 2.11 bits per heavy atom. The molecule has 1 heteroatoms. The molecule has 0 aromatic heterocycles. The van der Waals surface area contributed by atoms with Gasteiger partial charge >= 0.3 is 0 Å². The topological polar surface area (TPSA) is 26.0 Å². The van der Waals surface area contributed by atoms with Crippen molar-refractivity contribution in [3.8, 4) is 0 Å². The summed E-state index contributed by atoms with van der Waals surface area (Å²) in [5.74, 6) is 3.30. The molecule has 0 heterocycles. The highest BCUT2D eigenvalue weighted by Gasteiger charge is 2.46. The molecule has 2 saturated carbocycles. The van der Waals surface area contributed by atoms with Gasteiger partial charge in [0.1, 0.15) is 0 Å². The van der Waals surface area contributed by atoms with Gasteiger partial charge in [-0.2, -0.15) is 0 Å². The molecule has 2 rings (SSSR count). The van der Waals surface area contributed by atoms with E-state index >= 15 is 0 Å². The molecule has 2 atom stereocenters. The van der Waals surface area contributed by atoms with Crippen molar-refractivity contribution in [3.05, 3.63) is 0 Å². The summed E-state index contributed by atoms with van der Waals surface area (Å²) in [5.41, 5.74) is 5.45. The summed E-state index contributed by atoms with van der Waals surface area (Å²) in [6, 6.07) is 0. The number of rotatable bonds is 3. The van der Waals surface area contributed by atoms with Gasteiger partial charge in [0.05, 0.1) is 0 Å². The van der Waals surface area contributed by atoms with Gasteiger partial charge in [0.2, 0.25) is 0 Å². The van der Waals surface area contributed by atoms with Crippen LogP contribution in [0.5, 0.6) is 0 Å². The molecule has 0 amide bonds. The molecule has 0 spiro atoms. The summed E-state index contributed by atoms with van der Waals surface area (Å²) in [6.45, 7) is 0.911. The maximum Gasteiger partial charge on any atom is -0.00745 e. The van der Waals surface area contributed by atoms with E-state index in [0.29, 0.717) is 0 Å². The molecule has 1 nitrogen and oxygen atoms in total. The molecular weight excluding hydrogens is 110 g/mol. The van der Waals surface area contributed by atoms with E-state index in [0.717, 1.165) is 24.3 Å². The van der Waals surface area contributed by atoms with E-state index in [2.05, 4.69) is 0 Å². The SMILES string of the molecule is NCCC1CC1C1CC1. The van der Waals surface area contributed by atoms with Crippen LogP contribution in [0.4, 0.5) is 0 Å². The summed E-state index contributed by atoms with van der Waals surface area (Å²) < 4.78 is 0. The van der Waals surface area contributed by atoms with Crippen molar-refractivity contribution in [1.82, 2.24) is 0 Å². The molecule has 2 unspecified atom stereocenters. The lowest BCUT2D eigenvalue weighted by atomic mass is 10.2. The van der Waals surface area contributed by atoms with Gasteiger partial charge in [-0.1, -0.05) is 0 Å². The van der Waals surface area contributed by atoms with Crippen LogP contribution >= 0.6 is 0 Å². The lowest BCUT2D eigenvalue weighted by Gasteiger charge is -1.92. The van der Waals surface area contributed by atoms with E-state index in [1.54, 1.807) is 0 Å². The van der Waals surface area contributed by atoms with Crippen LogP contribution in [-0.2, 0) is 0 Å². The first-order chi connectivity index (χ1) is 4.42.